The van der Waals surface area contributed by atoms with Gasteiger partial charge in [0.15, 0.2) is 5.84 Å². The van der Waals surface area contributed by atoms with E-state index in [-0.39, 0.29) is 6.04 Å². The third-order valence-electron chi connectivity index (χ3n) is 6.53. The summed E-state index contributed by atoms with van der Waals surface area (Å²) in [7, 11) is 2.38. The van der Waals surface area contributed by atoms with Crippen molar-refractivity contribution in [1.29, 1.82) is 0 Å². The SMILES string of the molecule is BC1(I)CCCC2N=C(c3ccccc3)N=C(Nc3ccc(-c4cn[nH]c4)cc3)C2CC1. The Balaban J connectivity index is 1.45. The number of fused-ring (bicyclic) bond motifs is 1. The third kappa shape index (κ3) is 4.82. The Bertz CT molecular complexity index is 1110. The van der Waals surface area contributed by atoms with Crippen LogP contribution in [0.5, 0.6) is 0 Å². The van der Waals surface area contributed by atoms with E-state index in [9.17, 15) is 0 Å². The number of alkyl halides is 1. The number of aromatic nitrogens is 2. The van der Waals surface area contributed by atoms with Crippen molar-refractivity contribution < 1.29 is 0 Å². The minimum absolute atomic E-state index is 0.280. The minimum Gasteiger partial charge on any atom is -0.343 e. The Hall–Kier alpha value is -2.42. The van der Waals surface area contributed by atoms with Gasteiger partial charge in [-0.05, 0) is 46.7 Å². The quantitative estimate of drug-likeness (QED) is 0.280. The van der Waals surface area contributed by atoms with Crippen LogP contribution in [0.15, 0.2) is 77.0 Å². The number of rotatable bonds is 3. The van der Waals surface area contributed by atoms with Crippen molar-refractivity contribution in [3.8, 4) is 11.1 Å². The summed E-state index contributed by atoms with van der Waals surface area (Å²) in [6, 6.07) is 19.1. The molecule has 162 valence electrons. The summed E-state index contributed by atoms with van der Waals surface area (Å²) in [6.45, 7) is 0. The van der Waals surface area contributed by atoms with Gasteiger partial charge >= 0.3 is 0 Å². The van der Waals surface area contributed by atoms with Crippen LogP contribution in [-0.2, 0) is 0 Å². The highest BCUT2D eigenvalue weighted by atomic mass is 127. The molecule has 5 rings (SSSR count). The Morgan fingerprint density at radius 1 is 0.969 bits per heavy atom. The fourth-order valence-corrected chi connectivity index (χ4v) is 5.35. The van der Waals surface area contributed by atoms with Crippen LogP contribution in [0.25, 0.3) is 11.1 Å². The monoisotopic (exact) mass is 535 g/mol. The first kappa shape index (κ1) is 21.4. The first-order chi connectivity index (χ1) is 15.6. The molecule has 2 N–H and O–H groups in total. The average Bonchev–Trinajstić information content (AvgIpc) is 3.33. The molecule has 0 amide bonds. The predicted molar refractivity (Wildman–Crippen MR) is 144 cm³/mol. The second kappa shape index (κ2) is 9.21. The normalized spacial score (nSPS) is 25.7. The van der Waals surface area contributed by atoms with Crippen molar-refractivity contribution in [3.05, 3.63) is 72.6 Å². The summed E-state index contributed by atoms with van der Waals surface area (Å²) in [4.78, 5) is 10.2. The summed E-state index contributed by atoms with van der Waals surface area (Å²) >= 11 is 2.65. The van der Waals surface area contributed by atoms with E-state index >= 15 is 0 Å². The molecule has 1 saturated carbocycles. The van der Waals surface area contributed by atoms with E-state index < -0.39 is 0 Å². The van der Waals surface area contributed by atoms with Crippen LogP contribution >= 0.6 is 22.6 Å². The third-order valence-corrected chi connectivity index (χ3v) is 7.60. The highest BCUT2D eigenvalue weighted by molar-refractivity contribution is 14.1. The number of halogens is 1. The van der Waals surface area contributed by atoms with Gasteiger partial charge in [0.05, 0.1) is 12.2 Å². The molecule has 3 atom stereocenters. The van der Waals surface area contributed by atoms with E-state index in [4.69, 9.17) is 9.98 Å². The van der Waals surface area contributed by atoms with Gasteiger partial charge in [-0.15, -0.1) is 0 Å². The van der Waals surface area contributed by atoms with Crippen molar-refractivity contribution >= 4 is 47.8 Å². The number of hydrogen-bond donors (Lipinski definition) is 2. The lowest BCUT2D eigenvalue weighted by atomic mass is 9.73. The molecule has 5 nitrogen and oxygen atoms in total. The molecule has 0 spiro atoms. The molecular weight excluding hydrogens is 508 g/mol. The summed E-state index contributed by atoms with van der Waals surface area (Å²) in [5, 5.41) is 10.6. The molecule has 0 radical (unpaired) electrons. The largest absolute Gasteiger partial charge is 0.343 e. The van der Waals surface area contributed by atoms with Gasteiger partial charge in [-0.25, -0.2) is 4.99 Å². The van der Waals surface area contributed by atoms with Crippen molar-refractivity contribution in [2.24, 2.45) is 15.9 Å². The zero-order chi connectivity index (χ0) is 22.0. The van der Waals surface area contributed by atoms with E-state index in [0.717, 1.165) is 46.9 Å². The zero-order valence-corrected chi connectivity index (χ0v) is 20.4. The van der Waals surface area contributed by atoms with Crippen molar-refractivity contribution in [1.82, 2.24) is 10.2 Å². The average molecular weight is 535 g/mol. The number of H-pyrrole nitrogens is 1. The van der Waals surface area contributed by atoms with Crippen molar-refractivity contribution in [2.75, 3.05) is 5.32 Å². The lowest BCUT2D eigenvalue weighted by molar-refractivity contribution is 0.396. The summed E-state index contributed by atoms with van der Waals surface area (Å²) < 4.78 is 0.351. The van der Waals surface area contributed by atoms with Gasteiger partial charge in [-0.3, -0.25) is 10.1 Å². The number of nitrogens with one attached hydrogen (secondary N) is 2. The molecule has 3 aromatic rings. The van der Waals surface area contributed by atoms with Gasteiger partial charge in [0.2, 0.25) is 0 Å². The van der Waals surface area contributed by atoms with Crippen LogP contribution in [-0.4, -0.2) is 39.1 Å². The first-order valence-electron chi connectivity index (χ1n) is 11.3. The summed E-state index contributed by atoms with van der Waals surface area (Å²) in [5.41, 5.74) is 4.38. The number of nitrogens with zero attached hydrogens (tertiary/aromatic N) is 3. The lowest BCUT2D eigenvalue weighted by Gasteiger charge is -2.35. The maximum atomic E-state index is 5.14. The molecule has 3 unspecified atom stereocenters. The molecule has 0 bridgehead atoms. The molecule has 2 aliphatic rings. The number of anilines is 1. The van der Waals surface area contributed by atoms with Crippen LogP contribution in [0.3, 0.4) is 0 Å². The molecule has 1 aliphatic carbocycles. The second-order valence-corrected chi connectivity index (χ2v) is 11.6. The minimum atomic E-state index is 0.280. The number of hydrogen-bond acceptors (Lipinski definition) is 4. The molecule has 1 aliphatic heterocycles. The van der Waals surface area contributed by atoms with E-state index in [1.807, 2.05) is 18.5 Å². The van der Waals surface area contributed by atoms with Gasteiger partial charge in [0.1, 0.15) is 13.7 Å². The van der Waals surface area contributed by atoms with Gasteiger partial charge in [-0.1, -0.05) is 71.5 Å². The maximum absolute atomic E-state index is 5.14. The smallest absolute Gasteiger partial charge is 0.156 e. The standard InChI is InChI=1S/C25H27BIN5/c26-25(27)13-4-7-22-21(12-14-25)24(32-23(31-22)18-5-2-1-3-6-18)30-20-10-8-17(9-11-20)19-15-28-29-16-19/h1-3,5-6,8-11,15-16,21-22H,4,7,12-14,26H2,(H,28,29)(H,30,31,32). The van der Waals surface area contributed by atoms with Crippen molar-refractivity contribution in [2.45, 2.75) is 41.5 Å². The topological polar surface area (TPSA) is 65.4 Å². The summed E-state index contributed by atoms with van der Waals surface area (Å²) in [5.74, 6) is 2.22. The van der Waals surface area contributed by atoms with Crippen molar-refractivity contribution in [3.63, 3.8) is 0 Å². The van der Waals surface area contributed by atoms with Gasteiger partial charge in [0, 0.05) is 28.9 Å². The number of aliphatic imine (C=N–C) groups is 2. The number of aromatic amines is 1. The fourth-order valence-electron chi connectivity index (χ4n) is 4.66. The number of benzene rings is 2. The Morgan fingerprint density at radius 3 is 2.53 bits per heavy atom. The summed E-state index contributed by atoms with van der Waals surface area (Å²) in [6.07, 6.45) is 9.62. The Morgan fingerprint density at radius 2 is 1.78 bits per heavy atom. The molecule has 1 fully saturated rings. The molecule has 0 saturated heterocycles. The van der Waals surface area contributed by atoms with E-state index in [1.54, 1.807) is 0 Å². The van der Waals surface area contributed by atoms with E-state index in [1.165, 1.54) is 19.3 Å². The van der Waals surface area contributed by atoms with Crippen LogP contribution in [0, 0.1) is 5.92 Å². The zero-order valence-electron chi connectivity index (χ0n) is 18.3. The highest BCUT2D eigenvalue weighted by Crippen LogP contribution is 2.37. The molecular formula is C25H27BIN5. The Labute approximate surface area is 203 Å². The maximum Gasteiger partial charge on any atom is 0.156 e. The molecule has 32 heavy (non-hydrogen) atoms. The molecule has 2 aromatic carbocycles. The fraction of sp³-hybridized carbons (Fsp3) is 0.320. The predicted octanol–water partition coefficient (Wildman–Crippen LogP) is 5.06. The van der Waals surface area contributed by atoms with Gasteiger partial charge in [-0.2, -0.15) is 5.10 Å². The van der Waals surface area contributed by atoms with E-state index in [2.05, 4.69) is 94.5 Å². The first-order valence-corrected chi connectivity index (χ1v) is 12.4. The molecule has 7 heteroatoms. The van der Waals surface area contributed by atoms with Crippen LogP contribution in [0.1, 0.15) is 37.7 Å². The molecule has 2 heterocycles. The highest BCUT2D eigenvalue weighted by Gasteiger charge is 2.35. The van der Waals surface area contributed by atoms with E-state index in [0.29, 0.717) is 9.24 Å². The second-order valence-electron chi connectivity index (χ2n) is 9.02. The van der Waals surface area contributed by atoms with Crippen LogP contribution in [0.2, 0.25) is 0 Å². The van der Waals surface area contributed by atoms with Gasteiger partial charge in [0.25, 0.3) is 0 Å². The molecule has 1 aromatic heterocycles. The van der Waals surface area contributed by atoms with Crippen LogP contribution < -0.4 is 5.32 Å². The lowest BCUT2D eigenvalue weighted by Crippen LogP contribution is -2.40. The van der Waals surface area contributed by atoms with Gasteiger partial charge < -0.3 is 5.32 Å². The Kier molecular flexibility index (Phi) is 6.17. The number of amidine groups is 2. The van der Waals surface area contributed by atoms with Crippen LogP contribution in [0.4, 0.5) is 5.69 Å².